The van der Waals surface area contributed by atoms with Gasteiger partial charge in [-0.3, -0.25) is 14.4 Å². The van der Waals surface area contributed by atoms with Crippen LogP contribution >= 0.6 is 11.6 Å². The van der Waals surface area contributed by atoms with E-state index in [0.29, 0.717) is 22.7 Å². The summed E-state index contributed by atoms with van der Waals surface area (Å²) < 4.78 is 5.38. The highest BCUT2D eigenvalue weighted by molar-refractivity contribution is 6.30. The van der Waals surface area contributed by atoms with Crippen LogP contribution < -0.4 is 4.90 Å². The highest BCUT2D eigenvalue weighted by atomic mass is 35.5. The standard InChI is InChI=1S/C18H22ClNO5/c1-18(2,3)25-17(24)8-11-4-7-15(21)20(10-16(22)23)14-6-5-12(19)9-13(11)14/h5-6,9,11H,4,7-8,10H2,1-3H3,(H,22,23). The van der Waals surface area contributed by atoms with E-state index < -0.39 is 18.1 Å². The van der Waals surface area contributed by atoms with Crippen LogP contribution in [0.5, 0.6) is 0 Å². The monoisotopic (exact) mass is 367 g/mol. The van der Waals surface area contributed by atoms with Gasteiger partial charge in [0.05, 0.1) is 6.42 Å². The molecule has 136 valence electrons. The Morgan fingerprint density at radius 3 is 2.64 bits per heavy atom. The fourth-order valence-corrected chi connectivity index (χ4v) is 3.11. The first kappa shape index (κ1) is 19.2. The Morgan fingerprint density at radius 2 is 2.04 bits per heavy atom. The average molecular weight is 368 g/mol. The number of hydrogen-bond donors (Lipinski definition) is 1. The second-order valence-electron chi connectivity index (χ2n) is 7.10. The quantitative estimate of drug-likeness (QED) is 0.825. The number of carbonyl (C=O) groups excluding carboxylic acids is 2. The number of halogens is 1. The van der Waals surface area contributed by atoms with Crippen LogP contribution in [0.2, 0.25) is 5.02 Å². The van der Waals surface area contributed by atoms with Crippen molar-refractivity contribution in [2.75, 3.05) is 11.4 Å². The maximum absolute atomic E-state index is 12.4. The molecule has 0 spiro atoms. The van der Waals surface area contributed by atoms with E-state index in [2.05, 4.69) is 0 Å². The molecule has 6 nitrogen and oxygen atoms in total. The summed E-state index contributed by atoms with van der Waals surface area (Å²) in [5.74, 6) is -1.99. The molecule has 1 N–H and O–H groups in total. The number of benzene rings is 1. The third-order valence-corrected chi connectivity index (χ3v) is 4.09. The minimum atomic E-state index is -1.10. The Hall–Kier alpha value is -2.08. The number of esters is 1. The minimum Gasteiger partial charge on any atom is -0.480 e. The van der Waals surface area contributed by atoms with Crippen LogP contribution in [0.4, 0.5) is 5.69 Å². The van der Waals surface area contributed by atoms with Crippen molar-refractivity contribution in [2.45, 2.75) is 51.6 Å². The number of nitrogens with zero attached hydrogens (tertiary/aromatic N) is 1. The number of carbonyl (C=O) groups is 3. The molecule has 2 rings (SSSR count). The lowest BCUT2D eigenvalue weighted by molar-refractivity contribution is -0.155. The largest absolute Gasteiger partial charge is 0.480 e. The molecule has 0 saturated heterocycles. The van der Waals surface area contributed by atoms with Crippen molar-refractivity contribution in [2.24, 2.45) is 0 Å². The number of amides is 1. The minimum absolute atomic E-state index is 0.110. The van der Waals surface area contributed by atoms with E-state index in [9.17, 15) is 14.4 Å². The van der Waals surface area contributed by atoms with E-state index in [-0.39, 0.29) is 30.6 Å². The Balaban J connectivity index is 2.36. The van der Waals surface area contributed by atoms with Crippen LogP contribution in [-0.2, 0) is 19.1 Å². The molecule has 25 heavy (non-hydrogen) atoms. The van der Waals surface area contributed by atoms with Crippen molar-refractivity contribution < 1.29 is 24.2 Å². The molecule has 0 aliphatic carbocycles. The molecule has 0 fully saturated rings. The third-order valence-electron chi connectivity index (χ3n) is 3.85. The molecule has 1 amide bonds. The lowest BCUT2D eigenvalue weighted by Gasteiger charge is -2.24. The Morgan fingerprint density at radius 1 is 1.36 bits per heavy atom. The molecule has 0 saturated carbocycles. The topological polar surface area (TPSA) is 83.9 Å². The molecule has 1 aliphatic rings. The summed E-state index contributed by atoms with van der Waals surface area (Å²) >= 11 is 6.09. The van der Waals surface area contributed by atoms with E-state index in [1.807, 2.05) is 0 Å². The van der Waals surface area contributed by atoms with Crippen molar-refractivity contribution in [1.82, 2.24) is 0 Å². The normalized spacial score (nSPS) is 17.7. The van der Waals surface area contributed by atoms with Crippen molar-refractivity contribution in [3.05, 3.63) is 28.8 Å². The number of carboxylic acids is 1. The van der Waals surface area contributed by atoms with Crippen LogP contribution in [0.1, 0.15) is 51.5 Å². The third kappa shape index (κ3) is 5.19. The molecule has 1 heterocycles. The van der Waals surface area contributed by atoms with Crippen LogP contribution in [0, 0.1) is 0 Å². The predicted molar refractivity (Wildman–Crippen MR) is 93.9 cm³/mol. The summed E-state index contributed by atoms with van der Waals surface area (Å²) in [6.07, 6.45) is 0.702. The Bertz CT molecular complexity index is 695. The van der Waals surface area contributed by atoms with E-state index >= 15 is 0 Å². The van der Waals surface area contributed by atoms with Gasteiger partial charge in [0.25, 0.3) is 0 Å². The zero-order valence-corrected chi connectivity index (χ0v) is 15.3. The van der Waals surface area contributed by atoms with Crippen molar-refractivity contribution >= 4 is 35.1 Å². The highest BCUT2D eigenvalue weighted by Crippen LogP contribution is 2.38. The summed E-state index contributed by atoms with van der Waals surface area (Å²) in [5, 5.41) is 9.57. The van der Waals surface area contributed by atoms with Gasteiger partial charge in [-0.15, -0.1) is 0 Å². The van der Waals surface area contributed by atoms with E-state index in [4.69, 9.17) is 21.4 Å². The predicted octanol–water partition coefficient (Wildman–Crippen LogP) is 3.37. The van der Waals surface area contributed by atoms with Gasteiger partial charge in [-0.05, 0) is 56.9 Å². The van der Waals surface area contributed by atoms with Gasteiger partial charge in [0.1, 0.15) is 12.1 Å². The van der Waals surface area contributed by atoms with Crippen LogP contribution in [-0.4, -0.2) is 35.1 Å². The lowest BCUT2D eigenvalue weighted by Crippen LogP contribution is -2.35. The zero-order chi connectivity index (χ0) is 18.8. The number of fused-ring (bicyclic) bond motifs is 1. The maximum atomic E-state index is 12.4. The summed E-state index contributed by atoms with van der Waals surface area (Å²) in [7, 11) is 0. The second-order valence-corrected chi connectivity index (χ2v) is 7.54. The summed E-state index contributed by atoms with van der Waals surface area (Å²) in [5.41, 5.74) is 0.595. The van der Waals surface area contributed by atoms with Gasteiger partial charge < -0.3 is 14.7 Å². The van der Waals surface area contributed by atoms with Gasteiger partial charge in [-0.25, -0.2) is 0 Å². The van der Waals surface area contributed by atoms with E-state index in [1.54, 1.807) is 39.0 Å². The molecular weight excluding hydrogens is 346 g/mol. The molecule has 1 aromatic carbocycles. The Labute approximate surface area is 151 Å². The first-order valence-electron chi connectivity index (χ1n) is 8.10. The summed E-state index contributed by atoms with van der Waals surface area (Å²) in [6, 6.07) is 4.93. The zero-order valence-electron chi connectivity index (χ0n) is 14.5. The SMILES string of the molecule is CC(C)(C)OC(=O)CC1CCC(=O)N(CC(=O)O)c2ccc(Cl)cc21. The van der Waals surface area contributed by atoms with Crippen LogP contribution in [0.15, 0.2) is 18.2 Å². The molecule has 0 aromatic heterocycles. The molecular formula is C18H22ClNO5. The second kappa shape index (κ2) is 7.44. The van der Waals surface area contributed by atoms with Gasteiger partial charge in [0.2, 0.25) is 5.91 Å². The highest BCUT2D eigenvalue weighted by Gasteiger charge is 2.31. The molecule has 7 heteroatoms. The number of carboxylic acid groups (broad SMARTS) is 1. The van der Waals surface area contributed by atoms with E-state index in [1.165, 1.54) is 4.90 Å². The van der Waals surface area contributed by atoms with Crippen molar-refractivity contribution in [3.63, 3.8) is 0 Å². The summed E-state index contributed by atoms with van der Waals surface area (Å²) in [6.45, 7) is 4.95. The van der Waals surface area contributed by atoms with Crippen LogP contribution in [0.25, 0.3) is 0 Å². The summed E-state index contributed by atoms with van der Waals surface area (Å²) in [4.78, 5) is 37.0. The van der Waals surface area contributed by atoms with Gasteiger partial charge in [0, 0.05) is 17.1 Å². The molecule has 1 aliphatic heterocycles. The van der Waals surface area contributed by atoms with Gasteiger partial charge in [-0.1, -0.05) is 11.6 Å². The average Bonchev–Trinajstić information content (AvgIpc) is 2.57. The molecule has 0 radical (unpaired) electrons. The van der Waals surface area contributed by atoms with Crippen molar-refractivity contribution in [3.8, 4) is 0 Å². The molecule has 1 aromatic rings. The van der Waals surface area contributed by atoms with Gasteiger partial charge in [-0.2, -0.15) is 0 Å². The number of aliphatic carboxylic acids is 1. The fraction of sp³-hybridized carbons (Fsp3) is 0.500. The Kier molecular flexibility index (Phi) is 5.72. The number of anilines is 1. The van der Waals surface area contributed by atoms with Crippen molar-refractivity contribution in [1.29, 1.82) is 0 Å². The van der Waals surface area contributed by atoms with Gasteiger partial charge >= 0.3 is 11.9 Å². The number of rotatable bonds is 4. The van der Waals surface area contributed by atoms with E-state index in [0.717, 1.165) is 0 Å². The van der Waals surface area contributed by atoms with Gasteiger partial charge in [0.15, 0.2) is 0 Å². The number of ether oxygens (including phenoxy) is 1. The first-order chi connectivity index (χ1) is 11.6. The molecule has 1 atom stereocenters. The number of hydrogen-bond acceptors (Lipinski definition) is 4. The fourth-order valence-electron chi connectivity index (χ4n) is 2.93. The first-order valence-corrected chi connectivity index (χ1v) is 8.48. The smallest absolute Gasteiger partial charge is 0.323 e. The lowest BCUT2D eigenvalue weighted by atomic mass is 9.91. The molecule has 0 bridgehead atoms. The molecule has 1 unspecified atom stereocenters. The maximum Gasteiger partial charge on any atom is 0.323 e. The van der Waals surface area contributed by atoms with Crippen LogP contribution in [0.3, 0.4) is 0 Å².